The molecule has 0 aromatic heterocycles. The van der Waals surface area contributed by atoms with E-state index in [1.807, 2.05) is 0 Å². The van der Waals surface area contributed by atoms with Crippen molar-refractivity contribution in [2.24, 2.45) is 17.6 Å². The number of nitrogens with zero attached hydrogens (tertiary/aromatic N) is 2. The van der Waals surface area contributed by atoms with E-state index in [1.54, 1.807) is 0 Å². The summed E-state index contributed by atoms with van der Waals surface area (Å²) in [6.07, 6.45) is 4.10. The van der Waals surface area contributed by atoms with Crippen molar-refractivity contribution in [2.75, 3.05) is 26.7 Å². The van der Waals surface area contributed by atoms with Crippen LogP contribution in [0.5, 0.6) is 0 Å². The molecule has 4 nitrogen and oxygen atoms in total. The molecule has 1 aliphatic carbocycles. The molecular weight excluding hydrogens is 238 g/mol. The zero-order valence-corrected chi connectivity index (χ0v) is 12.6. The third-order valence-electron chi connectivity index (χ3n) is 5.09. The van der Waals surface area contributed by atoms with E-state index in [9.17, 15) is 4.79 Å². The molecule has 0 radical (unpaired) electrons. The highest BCUT2D eigenvalue weighted by atomic mass is 16.2. The van der Waals surface area contributed by atoms with Gasteiger partial charge in [0.15, 0.2) is 0 Å². The van der Waals surface area contributed by atoms with Crippen molar-refractivity contribution in [3.63, 3.8) is 0 Å². The Morgan fingerprint density at radius 3 is 2.68 bits per heavy atom. The Kier molecular flexibility index (Phi) is 4.85. The normalized spacial score (nSPS) is 37.4. The number of hydrogen-bond acceptors (Lipinski definition) is 3. The predicted molar refractivity (Wildman–Crippen MR) is 77.8 cm³/mol. The minimum atomic E-state index is 0.209. The third-order valence-corrected chi connectivity index (χ3v) is 5.09. The lowest BCUT2D eigenvalue weighted by Gasteiger charge is -2.42. The van der Waals surface area contributed by atoms with E-state index in [0.717, 1.165) is 45.3 Å². The molecular formula is C15H29N3O. The SMILES string of the molecule is CCC1CN(C(=O)C2CCC(N)CC2C)CCN1C. The number of piperazine rings is 1. The van der Waals surface area contributed by atoms with E-state index in [2.05, 4.69) is 30.7 Å². The first-order chi connectivity index (χ1) is 9.02. The Morgan fingerprint density at radius 2 is 2.05 bits per heavy atom. The molecule has 4 unspecified atom stereocenters. The van der Waals surface area contributed by atoms with Gasteiger partial charge in [0.1, 0.15) is 0 Å². The van der Waals surface area contributed by atoms with Crippen LogP contribution in [0, 0.1) is 11.8 Å². The van der Waals surface area contributed by atoms with Crippen LogP contribution in [0.15, 0.2) is 0 Å². The van der Waals surface area contributed by atoms with E-state index in [-0.39, 0.29) is 5.92 Å². The highest BCUT2D eigenvalue weighted by molar-refractivity contribution is 5.79. The highest BCUT2D eigenvalue weighted by Gasteiger charge is 2.35. The fourth-order valence-corrected chi connectivity index (χ4v) is 3.63. The Hall–Kier alpha value is -0.610. The summed E-state index contributed by atoms with van der Waals surface area (Å²) >= 11 is 0. The molecule has 19 heavy (non-hydrogen) atoms. The van der Waals surface area contributed by atoms with E-state index in [4.69, 9.17) is 5.73 Å². The molecule has 1 amide bonds. The first-order valence-electron chi connectivity index (χ1n) is 7.77. The molecule has 0 aromatic carbocycles. The molecule has 0 bridgehead atoms. The van der Waals surface area contributed by atoms with Crippen LogP contribution < -0.4 is 5.73 Å². The maximum absolute atomic E-state index is 12.7. The highest BCUT2D eigenvalue weighted by Crippen LogP contribution is 2.31. The average molecular weight is 267 g/mol. The first-order valence-corrected chi connectivity index (χ1v) is 7.77. The average Bonchev–Trinajstić information content (AvgIpc) is 2.38. The monoisotopic (exact) mass is 267 g/mol. The van der Waals surface area contributed by atoms with Crippen molar-refractivity contribution in [3.05, 3.63) is 0 Å². The zero-order valence-electron chi connectivity index (χ0n) is 12.6. The van der Waals surface area contributed by atoms with Gasteiger partial charge in [-0.1, -0.05) is 13.8 Å². The van der Waals surface area contributed by atoms with Gasteiger partial charge in [-0.05, 0) is 38.6 Å². The maximum atomic E-state index is 12.7. The van der Waals surface area contributed by atoms with Gasteiger partial charge in [0.05, 0.1) is 0 Å². The lowest BCUT2D eigenvalue weighted by molar-refractivity contribution is -0.141. The van der Waals surface area contributed by atoms with Gasteiger partial charge in [-0.15, -0.1) is 0 Å². The largest absolute Gasteiger partial charge is 0.340 e. The van der Waals surface area contributed by atoms with E-state index in [1.165, 1.54) is 0 Å². The van der Waals surface area contributed by atoms with Crippen molar-refractivity contribution < 1.29 is 4.79 Å². The fourth-order valence-electron chi connectivity index (χ4n) is 3.63. The fraction of sp³-hybridized carbons (Fsp3) is 0.933. The summed E-state index contributed by atoms with van der Waals surface area (Å²) < 4.78 is 0. The van der Waals surface area contributed by atoms with Crippen molar-refractivity contribution >= 4 is 5.91 Å². The third kappa shape index (κ3) is 3.29. The standard InChI is InChI=1S/C15H29N3O/c1-4-13-10-18(8-7-17(13)3)15(19)14-6-5-12(16)9-11(14)2/h11-14H,4-10,16H2,1-3H3. The van der Waals surface area contributed by atoms with Gasteiger partial charge in [0.25, 0.3) is 0 Å². The molecule has 4 atom stereocenters. The zero-order chi connectivity index (χ0) is 14.0. The molecule has 110 valence electrons. The Labute approximate surface area is 117 Å². The second-order valence-corrected chi connectivity index (χ2v) is 6.48. The van der Waals surface area contributed by atoms with Crippen LogP contribution in [0.2, 0.25) is 0 Å². The van der Waals surface area contributed by atoms with Crippen LogP contribution in [0.4, 0.5) is 0 Å². The van der Waals surface area contributed by atoms with Gasteiger partial charge in [-0.3, -0.25) is 9.69 Å². The van der Waals surface area contributed by atoms with Gasteiger partial charge in [-0.25, -0.2) is 0 Å². The Balaban J connectivity index is 1.96. The van der Waals surface area contributed by atoms with Gasteiger partial charge >= 0.3 is 0 Å². The van der Waals surface area contributed by atoms with E-state index < -0.39 is 0 Å². The number of carbonyl (C=O) groups is 1. The molecule has 1 saturated carbocycles. The van der Waals surface area contributed by atoms with Crippen LogP contribution in [0.1, 0.15) is 39.5 Å². The summed E-state index contributed by atoms with van der Waals surface area (Å²) in [5, 5.41) is 0. The van der Waals surface area contributed by atoms with Crippen LogP contribution in [-0.4, -0.2) is 54.5 Å². The topological polar surface area (TPSA) is 49.6 Å². The quantitative estimate of drug-likeness (QED) is 0.820. The summed E-state index contributed by atoms with van der Waals surface area (Å²) in [5.74, 6) is 1.03. The molecule has 2 aliphatic rings. The number of carbonyl (C=O) groups excluding carboxylic acids is 1. The molecule has 0 aromatic rings. The maximum Gasteiger partial charge on any atom is 0.226 e. The lowest BCUT2D eigenvalue weighted by atomic mass is 9.77. The van der Waals surface area contributed by atoms with Gasteiger partial charge in [0.2, 0.25) is 5.91 Å². The number of likely N-dealkylation sites (N-methyl/N-ethyl adjacent to an activating group) is 1. The Bertz CT molecular complexity index is 321. The first kappa shape index (κ1) is 14.8. The number of rotatable bonds is 2. The van der Waals surface area contributed by atoms with Crippen LogP contribution in [0.3, 0.4) is 0 Å². The summed E-state index contributed by atoms with van der Waals surface area (Å²) in [7, 11) is 2.16. The Morgan fingerprint density at radius 1 is 1.32 bits per heavy atom. The van der Waals surface area contributed by atoms with Gasteiger partial charge < -0.3 is 10.6 Å². The molecule has 1 saturated heterocycles. The smallest absolute Gasteiger partial charge is 0.226 e. The summed E-state index contributed by atoms with van der Waals surface area (Å²) in [6.45, 7) is 7.19. The minimum Gasteiger partial charge on any atom is -0.340 e. The molecule has 4 heteroatoms. The number of hydrogen-bond donors (Lipinski definition) is 1. The predicted octanol–water partition coefficient (Wildman–Crippen LogP) is 1.30. The van der Waals surface area contributed by atoms with Gasteiger partial charge in [0, 0.05) is 37.6 Å². The summed E-state index contributed by atoms with van der Waals surface area (Å²) in [6, 6.07) is 0.828. The second kappa shape index (κ2) is 6.23. The molecule has 2 rings (SSSR count). The number of amides is 1. The van der Waals surface area contributed by atoms with Crippen molar-refractivity contribution in [1.82, 2.24) is 9.80 Å². The van der Waals surface area contributed by atoms with Crippen LogP contribution >= 0.6 is 0 Å². The molecule has 2 fully saturated rings. The van der Waals surface area contributed by atoms with Gasteiger partial charge in [-0.2, -0.15) is 0 Å². The molecule has 1 heterocycles. The molecule has 1 aliphatic heterocycles. The molecule has 2 N–H and O–H groups in total. The molecule has 0 spiro atoms. The van der Waals surface area contributed by atoms with Crippen LogP contribution in [-0.2, 0) is 4.79 Å². The lowest BCUT2D eigenvalue weighted by Crippen LogP contribution is -2.55. The second-order valence-electron chi connectivity index (χ2n) is 6.48. The van der Waals surface area contributed by atoms with E-state index in [0.29, 0.717) is 23.9 Å². The van der Waals surface area contributed by atoms with Crippen molar-refractivity contribution in [2.45, 2.75) is 51.6 Å². The number of nitrogens with two attached hydrogens (primary N) is 1. The minimum absolute atomic E-state index is 0.209. The van der Waals surface area contributed by atoms with Crippen molar-refractivity contribution in [3.8, 4) is 0 Å². The summed E-state index contributed by atoms with van der Waals surface area (Å²) in [4.78, 5) is 17.2. The van der Waals surface area contributed by atoms with E-state index >= 15 is 0 Å². The van der Waals surface area contributed by atoms with Crippen LogP contribution in [0.25, 0.3) is 0 Å². The van der Waals surface area contributed by atoms with Crippen molar-refractivity contribution in [1.29, 1.82) is 0 Å². The summed E-state index contributed by atoms with van der Waals surface area (Å²) in [5.41, 5.74) is 6.00.